The van der Waals surface area contributed by atoms with Gasteiger partial charge < -0.3 is 9.64 Å². The Morgan fingerprint density at radius 3 is 2.35 bits per heavy atom. The van der Waals surface area contributed by atoms with Crippen molar-refractivity contribution in [1.29, 1.82) is 0 Å². The van der Waals surface area contributed by atoms with E-state index in [4.69, 9.17) is 9.94 Å². The van der Waals surface area contributed by atoms with Gasteiger partial charge in [0.25, 0.3) is 5.91 Å². The Labute approximate surface area is 157 Å². The summed E-state index contributed by atoms with van der Waals surface area (Å²) in [5.74, 6) is -0.558. The molecule has 1 aromatic rings. The van der Waals surface area contributed by atoms with Gasteiger partial charge in [-0.15, -0.1) is 0 Å². The third kappa shape index (κ3) is 6.50. The molecule has 1 aliphatic heterocycles. The van der Waals surface area contributed by atoms with E-state index in [1.807, 2.05) is 45.0 Å². The van der Waals surface area contributed by atoms with Gasteiger partial charge in [-0.2, -0.15) is 0 Å². The monoisotopic (exact) mass is 365 g/mol. The first-order valence-corrected chi connectivity index (χ1v) is 8.68. The maximum Gasteiger partial charge on any atom is 0.410 e. The number of nitrogens with one attached hydrogen (secondary N) is 1. The highest BCUT2D eigenvalue weighted by atomic mass is 16.6. The summed E-state index contributed by atoms with van der Waals surface area (Å²) >= 11 is 0. The molecule has 26 heavy (non-hydrogen) atoms. The van der Waals surface area contributed by atoms with Crippen LogP contribution in [-0.4, -0.2) is 58.8 Å². The maximum atomic E-state index is 12.1. The SMILES string of the molecule is CC(C)(C)OC(=O)N1CCN(Cc2ccc(/C=C/C(=O)NO)cc2)CC1.[HH].[HH]. The standard InChI is InChI=1S/C19H27N3O4.2H2/c1-19(2,3)26-18(24)22-12-10-21(11-13-22)14-16-6-4-15(5-7-16)8-9-17(23)20-25;;/h4-9,25H,10-14H2,1-3H3,(H,20,23);2*1H/b9-8+;;. The fraction of sp³-hybridized carbons (Fsp3) is 0.474. The first-order valence-electron chi connectivity index (χ1n) is 8.68. The third-order valence-corrected chi connectivity index (χ3v) is 3.95. The molecule has 1 aromatic carbocycles. The third-order valence-electron chi connectivity index (χ3n) is 3.95. The summed E-state index contributed by atoms with van der Waals surface area (Å²) in [5.41, 5.74) is 3.13. The average Bonchev–Trinajstić information content (AvgIpc) is 2.60. The van der Waals surface area contributed by atoms with E-state index < -0.39 is 11.5 Å². The van der Waals surface area contributed by atoms with Gasteiger partial charge in [0.05, 0.1) is 0 Å². The van der Waals surface area contributed by atoms with Crippen LogP contribution in [0, 0.1) is 0 Å². The Hall–Kier alpha value is -2.38. The molecule has 0 atom stereocenters. The lowest BCUT2D eigenvalue weighted by atomic mass is 10.1. The Bertz CT molecular complexity index is 652. The molecule has 0 spiro atoms. The molecule has 2 N–H and O–H groups in total. The van der Waals surface area contributed by atoms with E-state index >= 15 is 0 Å². The van der Waals surface area contributed by atoms with Gasteiger partial charge in [0.2, 0.25) is 0 Å². The Balaban J connectivity index is 0.00000364. The van der Waals surface area contributed by atoms with Crippen molar-refractivity contribution in [2.45, 2.75) is 32.9 Å². The summed E-state index contributed by atoms with van der Waals surface area (Å²) in [6, 6.07) is 7.87. The molecule has 146 valence electrons. The topological polar surface area (TPSA) is 82.1 Å². The highest BCUT2D eigenvalue weighted by Gasteiger charge is 2.25. The van der Waals surface area contributed by atoms with Crippen LogP contribution < -0.4 is 5.48 Å². The molecule has 2 amide bonds. The van der Waals surface area contributed by atoms with Crippen molar-refractivity contribution < 1.29 is 22.4 Å². The van der Waals surface area contributed by atoms with Crippen LogP contribution in [0.5, 0.6) is 0 Å². The summed E-state index contributed by atoms with van der Waals surface area (Å²) in [7, 11) is 0. The predicted octanol–water partition coefficient (Wildman–Crippen LogP) is 2.75. The molecule has 2 rings (SSSR count). The smallest absolute Gasteiger partial charge is 0.410 e. The minimum absolute atomic E-state index is 0. The second-order valence-corrected chi connectivity index (χ2v) is 7.29. The molecule has 7 nitrogen and oxygen atoms in total. The molecule has 0 unspecified atom stereocenters. The zero-order chi connectivity index (χ0) is 19.2. The van der Waals surface area contributed by atoms with Gasteiger partial charge in [0, 0.05) is 41.7 Å². The van der Waals surface area contributed by atoms with E-state index in [2.05, 4.69) is 4.90 Å². The van der Waals surface area contributed by atoms with Crippen LogP contribution in [0.15, 0.2) is 30.3 Å². The van der Waals surface area contributed by atoms with Crippen molar-refractivity contribution in [3.8, 4) is 0 Å². The van der Waals surface area contributed by atoms with Crippen LogP contribution in [0.4, 0.5) is 4.79 Å². The first kappa shape index (κ1) is 19.9. The number of nitrogens with zero attached hydrogens (tertiary/aromatic N) is 2. The second-order valence-electron chi connectivity index (χ2n) is 7.29. The molecular weight excluding hydrogens is 334 g/mol. The van der Waals surface area contributed by atoms with E-state index in [-0.39, 0.29) is 8.95 Å². The van der Waals surface area contributed by atoms with Gasteiger partial charge in [-0.25, -0.2) is 10.3 Å². The van der Waals surface area contributed by atoms with Gasteiger partial charge in [-0.3, -0.25) is 14.9 Å². The van der Waals surface area contributed by atoms with Crippen molar-refractivity contribution in [3.05, 3.63) is 41.5 Å². The van der Waals surface area contributed by atoms with Crippen LogP contribution in [0.3, 0.4) is 0 Å². The second kappa shape index (κ2) is 8.82. The number of piperazine rings is 1. The first-order chi connectivity index (χ1) is 12.3. The lowest BCUT2D eigenvalue weighted by molar-refractivity contribution is -0.124. The number of hydroxylamine groups is 1. The molecule has 1 saturated heterocycles. The fourth-order valence-corrected chi connectivity index (χ4v) is 2.62. The number of benzene rings is 1. The lowest BCUT2D eigenvalue weighted by Crippen LogP contribution is -2.49. The Morgan fingerprint density at radius 2 is 1.81 bits per heavy atom. The molecule has 1 heterocycles. The number of carbonyl (C=O) groups excluding carboxylic acids is 2. The van der Waals surface area contributed by atoms with Gasteiger partial charge in [0.15, 0.2) is 0 Å². The summed E-state index contributed by atoms with van der Waals surface area (Å²) in [6.07, 6.45) is 2.65. The normalized spacial score (nSPS) is 15.9. The van der Waals surface area contributed by atoms with Crippen molar-refractivity contribution in [2.75, 3.05) is 26.2 Å². The number of hydrogen-bond acceptors (Lipinski definition) is 5. The zero-order valence-electron chi connectivity index (χ0n) is 15.6. The molecule has 1 fully saturated rings. The van der Waals surface area contributed by atoms with E-state index in [1.54, 1.807) is 16.5 Å². The van der Waals surface area contributed by atoms with Crippen molar-refractivity contribution in [3.63, 3.8) is 0 Å². The summed E-state index contributed by atoms with van der Waals surface area (Å²) in [4.78, 5) is 27.1. The zero-order valence-corrected chi connectivity index (χ0v) is 15.6. The van der Waals surface area contributed by atoms with E-state index in [0.29, 0.717) is 13.1 Å². The van der Waals surface area contributed by atoms with E-state index in [9.17, 15) is 9.59 Å². The molecule has 0 radical (unpaired) electrons. The number of carbonyl (C=O) groups is 2. The van der Waals surface area contributed by atoms with Gasteiger partial charge >= 0.3 is 6.09 Å². The average molecular weight is 365 g/mol. The van der Waals surface area contributed by atoms with E-state index in [1.165, 1.54) is 11.6 Å². The van der Waals surface area contributed by atoms with Crippen LogP contribution in [-0.2, 0) is 16.1 Å². The maximum absolute atomic E-state index is 12.1. The summed E-state index contributed by atoms with van der Waals surface area (Å²) in [5, 5.41) is 8.46. The minimum atomic E-state index is -0.558. The largest absolute Gasteiger partial charge is 0.444 e. The van der Waals surface area contributed by atoms with Crippen LogP contribution in [0.2, 0.25) is 0 Å². The molecule has 7 heteroatoms. The summed E-state index contributed by atoms with van der Waals surface area (Å²) < 4.78 is 5.41. The fourth-order valence-electron chi connectivity index (χ4n) is 2.62. The van der Waals surface area contributed by atoms with Crippen molar-refractivity contribution in [1.82, 2.24) is 15.3 Å². The van der Waals surface area contributed by atoms with Crippen molar-refractivity contribution in [2.24, 2.45) is 0 Å². The summed E-state index contributed by atoms with van der Waals surface area (Å²) in [6.45, 7) is 9.35. The molecule has 0 bridgehead atoms. The van der Waals surface area contributed by atoms with Crippen LogP contribution in [0.25, 0.3) is 6.08 Å². The lowest BCUT2D eigenvalue weighted by Gasteiger charge is -2.35. The van der Waals surface area contributed by atoms with E-state index in [0.717, 1.165) is 25.2 Å². The predicted molar refractivity (Wildman–Crippen MR) is 103 cm³/mol. The molecular formula is C19H31N3O4. The van der Waals surface area contributed by atoms with Crippen molar-refractivity contribution >= 4 is 18.1 Å². The Morgan fingerprint density at radius 1 is 1.19 bits per heavy atom. The molecule has 0 saturated carbocycles. The number of amides is 2. The van der Waals surface area contributed by atoms with Crippen LogP contribution in [0.1, 0.15) is 34.8 Å². The Kier molecular flexibility index (Phi) is 6.76. The molecule has 0 aliphatic carbocycles. The highest BCUT2D eigenvalue weighted by Crippen LogP contribution is 2.14. The molecule has 1 aliphatic rings. The van der Waals surface area contributed by atoms with Gasteiger partial charge in [-0.05, 0) is 38.0 Å². The van der Waals surface area contributed by atoms with Gasteiger partial charge in [0.1, 0.15) is 5.60 Å². The quantitative estimate of drug-likeness (QED) is 0.487. The highest BCUT2D eigenvalue weighted by molar-refractivity contribution is 5.90. The number of rotatable bonds is 4. The number of hydrogen-bond donors (Lipinski definition) is 2. The minimum Gasteiger partial charge on any atom is -0.444 e. The molecule has 0 aromatic heterocycles. The van der Waals surface area contributed by atoms with Gasteiger partial charge in [-0.1, -0.05) is 24.3 Å². The number of ether oxygens (including phenoxy) is 1. The van der Waals surface area contributed by atoms with Crippen LogP contribution >= 0.6 is 0 Å².